The van der Waals surface area contributed by atoms with Crippen molar-refractivity contribution in [3.63, 3.8) is 0 Å². The van der Waals surface area contributed by atoms with Gasteiger partial charge in [-0.1, -0.05) is 0 Å². The summed E-state index contributed by atoms with van der Waals surface area (Å²) in [6.45, 7) is 4.18. The number of rotatable bonds is 7. The first-order chi connectivity index (χ1) is 12.7. The first-order valence-corrected chi connectivity index (χ1v) is 9.55. The van der Waals surface area contributed by atoms with Crippen LogP contribution in [0.4, 0.5) is 11.8 Å². The molecule has 0 unspecified atom stereocenters. The van der Waals surface area contributed by atoms with Crippen LogP contribution in [-0.4, -0.2) is 53.9 Å². The molecule has 1 aromatic heterocycles. The van der Waals surface area contributed by atoms with E-state index < -0.39 is 5.91 Å². The van der Waals surface area contributed by atoms with Crippen molar-refractivity contribution in [3.8, 4) is 0 Å². The Balaban J connectivity index is 1.64. The van der Waals surface area contributed by atoms with Crippen LogP contribution in [0.5, 0.6) is 0 Å². The smallest absolute Gasteiger partial charge is 0.254 e. The second-order valence-electron chi connectivity index (χ2n) is 6.95. The summed E-state index contributed by atoms with van der Waals surface area (Å²) in [5.74, 6) is 0.468. The molecule has 8 heteroatoms. The van der Waals surface area contributed by atoms with Crippen molar-refractivity contribution in [2.24, 2.45) is 5.73 Å². The average molecular weight is 363 g/mol. The fraction of sp³-hybridized carbons (Fsp3) is 0.722. The number of carbonyl (C=O) groups is 1. The van der Waals surface area contributed by atoms with Crippen LogP contribution < -0.4 is 16.4 Å². The highest BCUT2D eigenvalue weighted by atomic mass is 16.5. The van der Waals surface area contributed by atoms with Gasteiger partial charge in [-0.25, -0.2) is 4.98 Å². The van der Waals surface area contributed by atoms with E-state index in [0.717, 1.165) is 51.7 Å². The van der Waals surface area contributed by atoms with E-state index in [0.29, 0.717) is 36.1 Å². The van der Waals surface area contributed by atoms with Crippen molar-refractivity contribution in [2.75, 3.05) is 30.5 Å². The first kappa shape index (κ1) is 18.8. The van der Waals surface area contributed by atoms with Crippen LogP contribution in [0.1, 0.15) is 55.8 Å². The Kier molecular flexibility index (Phi) is 6.62. The molecule has 2 heterocycles. The molecule has 0 bridgehead atoms. The molecule has 1 saturated heterocycles. The largest absolute Gasteiger partial charge is 0.379 e. The number of nitrogens with two attached hydrogens (primary N) is 1. The Bertz CT molecular complexity index is 598. The van der Waals surface area contributed by atoms with Gasteiger partial charge >= 0.3 is 0 Å². The van der Waals surface area contributed by atoms with E-state index in [1.807, 2.05) is 6.92 Å². The molecular formula is C18H29N5O3. The molecule has 26 heavy (non-hydrogen) atoms. The van der Waals surface area contributed by atoms with Gasteiger partial charge in [0, 0.05) is 25.5 Å². The van der Waals surface area contributed by atoms with Crippen molar-refractivity contribution < 1.29 is 14.3 Å². The summed E-state index contributed by atoms with van der Waals surface area (Å²) in [6.07, 6.45) is 7.94. The van der Waals surface area contributed by atoms with Crippen LogP contribution in [0.3, 0.4) is 0 Å². The molecule has 8 nitrogen and oxygen atoms in total. The summed E-state index contributed by atoms with van der Waals surface area (Å²) < 4.78 is 11.2. The van der Waals surface area contributed by atoms with Crippen LogP contribution in [0, 0.1) is 0 Å². The minimum absolute atomic E-state index is 0.131. The van der Waals surface area contributed by atoms with E-state index in [1.165, 1.54) is 6.20 Å². The maximum absolute atomic E-state index is 11.7. The molecule has 4 N–H and O–H groups in total. The number of hydrogen-bond donors (Lipinski definition) is 3. The highest BCUT2D eigenvalue weighted by Crippen LogP contribution is 2.24. The highest BCUT2D eigenvalue weighted by molar-refractivity contribution is 5.97. The molecule has 1 atom stereocenters. The lowest BCUT2D eigenvalue weighted by Gasteiger charge is -2.29. The SMILES string of the molecule is CCO[C@H]1CC[C@H](Nc2ncc(C(N)=O)c(N[C@@H]3CCCOC3)n2)CC1. The fourth-order valence-electron chi connectivity index (χ4n) is 3.58. The van der Waals surface area contributed by atoms with Gasteiger partial charge in [0.1, 0.15) is 5.82 Å². The van der Waals surface area contributed by atoms with Gasteiger partial charge in [0.15, 0.2) is 0 Å². The second-order valence-corrected chi connectivity index (χ2v) is 6.95. The zero-order valence-electron chi connectivity index (χ0n) is 15.4. The van der Waals surface area contributed by atoms with Gasteiger partial charge in [-0.3, -0.25) is 4.79 Å². The van der Waals surface area contributed by atoms with E-state index in [2.05, 4.69) is 20.6 Å². The number of nitrogens with one attached hydrogen (secondary N) is 2. The second kappa shape index (κ2) is 9.14. The Morgan fingerprint density at radius 2 is 2.08 bits per heavy atom. The molecular weight excluding hydrogens is 334 g/mol. The molecule has 0 aromatic carbocycles. The van der Waals surface area contributed by atoms with Crippen molar-refractivity contribution in [2.45, 2.75) is 63.6 Å². The number of nitrogens with zero attached hydrogens (tertiary/aromatic N) is 2. The maximum Gasteiger partial charge on any atom is 0.254 e. The van der Waals surface area contributed by atoms with Gasteiger partial charge in [0.05, 0.1) is 24.3 Å². The number of ether oxygens (including phenoxy) is 2. The van der Waals surface area contributed by atoms with Crippen molar-refractivity contribution in [1.82, 2.24) is 9.97 Å². The molecule has 0 spiro atoms. The number of amides is 1. The Morgan fingerprint density at radius 3 is 2.73 bits per heavy atom. The molecule has 1 aliphatic carbocycles. The molecule has 144 valence electrons. The van der Waals surface area contributed by atoms with Gasteiger partial charge in [-0.15, -0.1) is 0 Å². The lowest BCUT2D eigenvalue weighted by Crippen LogP contribution is -2.32. The van der Waals surface area contributed by atoms with E-state index in [9.17, 15) is 4.79 Å². The molecule has 0 radical (unpaired) electrons. The summed E-state index contributed by atoms with van der Waals surface area (Å²) in [5.41, 5.74) is 5.78. The van der Waals surface area contributed by atoms with E-state index >= 15 is 0 Å². The molecule has 3 rings (SSSR count). The third kappa shape index (κ3) is 5.04. The Labute approximate surface area is 154 Å². The molecule has 1 saturated carbocycles. The summed E-state index contributed by atoms with van der Waals surface area (Å²) in [7, 11) is 0. The van der Waals surface area contributed by atoms with Gasteiger partial charge in [0.2, 0.25) is 5.95 Å². The third-order valence-electron chi connectivity index (χ3n) is 4.97. The predicted octanol–water partition coefficient (Wildman–Crippen LogP) is 1.93. The lowest BCUT2D eigenvalue weighted by molar-refractivity contribution is 0.0346. The monoisotopic (exact) mass is 363 g/mol. The Hall–Kier alpha value is -1.93. The molecule has 2 fully saturated rings. The number of carbonyl (C=O) groups excluding carboxylic acids is 1. The quantitative estimate of drug-likeness (QED) is 0.678. The maximum atomic E-state index is 11.7. The van der Waals surface area contributed by atoms with Gasteiger partial charge in [0.25, 0.3) is 5.91 Å². The van der Waals surface area contributed by atoms with E-state index in [1.54, 1.807) is 0 Å². The zero-order chi connectivity index (χ0) is 18.4. The fourth-order valence-corrected chi connectivity index (χ4v) is 3.58. The van der Waals surface area contributed by atoms with Crippen molar-refractivity contribution >= 4 is 17.7 Å². The van der Waals surface area contributed by atoms with E-state index in [4.69, 9.17) is 15.2 Å². The van der Waals surface area contributed by atoms with Crippen LogP contribution in [0.15, 0.2) is 6.20 Å². The topological polar surface area (TPSA) is 111 Å². The first-order valence-electron chi connectivity index (χ1n) is 9.55. The normalized spacial score (nSPS) is 26.3. The molecule has 2 aliphatic rings. The minimum atomic E-state index is -0.534. The predicted molar refractivity (Wildman–Crippen MR) is 99.3 cm³/mol. The number of aromatic nitrogens is 2. The zero-order valence-corrected chi connectivity index (χ0v) is 15.4. The average Bonchev–Trinajstić information content (AvgIpc) is 2.64. The van der Waals surface area contributed by atoms with Crippen LogP contribution in [0.25, 0.3) is 0 Å². The molecule has 1 aromatic rings. The lowest BCUT2D eigenvalue weighted by atomic mass is 9.93. The van der Waals surface area contributed by atoms with Crippen molar-refractivity contribution in [3.05, 3.63) is 11.8 Å². The van der Waals surface area contributed by atoms with E-state index in [-0.39, 0.29) is 6.04 Å². The summed E-state index contributed by atoms with van der Waals surface area (Å²) in [4.78, 5) is 20.5. The number of hydrogen-bond acceptors (Lipinski definition) is 7. The summed E-state index contributed by atoms with van der Waals surface area (Å²) >= 11 is 0. The number of primary amides is 1. The van der Waals surface area contributed by atoms with Crippen LogP contribution in [0.2, 0.25) is 0 Å². The van der Waals surface area contributed by atoms with Gasteiger partial charge in [-0.05, 0) is 45.4 Å². The third-order valence-corrected chi connectivity index (χ3v) is 4.97. The molecule has 1 aliphatic heterocycles. The van der Waals surface area contributed by atoms with Gasteiger partial charge < -0.3 is 25.8 Å². The van der Waals surface area contributed by atoms with Gasteiger partial charge in [-0.2, -0.15) is 4.98 Å². The summed E-state index contributed by atoms with van der Waals surface area (Å²) in [5, 5.41) is 6.68. The highest BCUT2D eigenvalue weighted by Gasteiger charge is 2.23. The Morgan fingerprint density at radius 1 is 1.27 bits per heavy atom. The molecule has 1 amide bonds. The minimum Gasteiger partial charge on any atom is -0.379 e. The van der Waals surface area contributed by atoms with Crippen LogP contribution >= 0.6 is 0 Å². The summed E-state index contributed by atoms with van der Waals surface area (Å²) in [6, 6.07) is 0.447. The van der Waals surface area contributed by atoms with Crippen molar-refractivity contribution in [1.29, 1.82) is 0 Å². The number of anilines is 2. The van der Waals surface area contributed by atoms with Crippen LogP contribution in [-0.2, 0) is 9.47 Å². The standard InChI is InChI=1S/C18H29N5O3/c1-2-26-14-7-5-12(6-8-14)22-18-20-10-15(16(19)24)17(23-18)21-13-4-3-9-25-11-13/h10,12-14H,2-9,11H2,1H3,(H2,19,24)(H2,20,21,22,23)/t12-,13-,14-/m1/s1.